The fraction of sp³-hybridized carbons (Fsp3) is 0.133. The van der Waals surface area contributed by atoms with E-state index < -0.39 is 4.92 Å². The Bertz CT molecular complexity index is 1600. The van der Waals surface area contributed by atoms with Gasteiger partial charge in [0.05, 0.1) is 4.92 Å². The Kier molecular flexibility index (Phi) is 7.84. The summed E-state index contributed by atoms with van der Waals surface area (Å²) >= 11 is 5.99. The summed E-state index contributed by atoms with van der Waals surface area (Å²) in [7, 11) is 0. The Balaban J connectivity index is 1.44. The second kappa shape index (κ2) is 11.8. The van der Waals surface area contributed by atoms with Gasteiger partial charge in [0, 0.05) is 71.5 Å². The Morgan fingerprint density at radius 2 is 1.87 bits per heavy atom. The summed E-state index contributed by atoms with van der Waals surface area (Å²) in [6.45, 7) is 0.446. The van der Waals surface area contributed by atoms with Crippen LogP contribution in [0.15, 0.2) is 97.3 Å². The third-order valence-corrected chi connectivity index (χ3v) is 6.66. The molecule has 2 aromatic heterocycles. The van der Waals surface area contributed by atoms with Crippen molar-refractivity contribution in [1.29, 1.82) is 0 Å². The predicted molar refractivity (Wildman–Crippen MR) is 150 cm³/mol. The lowest BCUT2D eigenvalue weighted by Crippen LogP contribution is -2.27. The number of nitro benzene ring substituents is 1. The molecule has 39 heavy (non-hydrogen) atoms. The monoisotopic (exact) mass is 540 g/mol. The fourth-order valence-corrected chi connectivity index (χ4v) is 4.63. The van der Waals surface area contributed by atoms with Crippen molar-refractivity contribution in [2.75, 3.05) is 6.54 Å². The van der Waals surface area contributed by atoms with E-state index in [1.807, 2.05) is 48.7 Å². The number of nitrogens with zero attached hydrogens (tertiary/aromatic N) is 2. The molecule has 3 aromatic carbocycles. The van der Waals surface area contributed by atoms with Crippen LogP contribution in [0.25, 0.3) is 10.9 Å². The van der Waals surface area contributed by atoms with E-state index in [1.165, 1.54) is 6.07 Å². The number of nitro groups is 1. The van der Waals surface area contributed by atoms with Crippen LogP contribution in [0.2, 0.25) is 5.02 Å². The van der Waals surface area contributed by atoms with Gasteiger partial charge in [-0.1, -0.05) is 29.8 Å². The Labute approximate surface area is 229 Å². The van der Waals surface area contributed by atoms with Crippen molar-refractivity contribution in [2.45, 2.75) is 18.8 Å². The molecule has 1 amide bonds. The van der Waals surface area contributed by atoms with E-state index in [9.17, 15) is 14.9 Å². The number of carbonyl (C=O) groups is 1. The van der Waals surface area contributed by atoms with E-state index in [4.69, 9.17) is 16.3 Å². The Morgan fingerprint density at radius 1 is 1.03 bits per heavy atom. The summed E-state index contributed by atoms with van der Waals surface area (Å²) in [4.78, 5) is 31.7. The molecule has 0 saturated carbocycles. The van der Waals surface area contributed by atoms with Crippen molar-refractivity contribution in [1.82, 2.24) is 15.3 Å². The van der Waals surface area contributed by atoms with Crippen LogP contribution < -0.4 is 10.1 Å². The highest BCUT2D eigenvalue weighted by atomic mass is 35.5. The number of halogens is 1. The fourth-order valence-electron chi connectivity index (χ4n) is 4.51. The normalized spacial score (nSPS) is 11.7. The van der Waals surface area contributed by atoms with Crippen LogP contribution in [0.4, 0.5) is 5.69 Å². The molecule has 8 nitrogen and oxygen atoms in total. The summed E-state index contributed by atoms with van der Waals surface area (Å²) in [5.74, 6) is 0.702. The van der Waals surface area contributed by atoms with Crippen molar-refractivity contribution in [3.8, 4) is 11.5 Å². The number of aromatic amines is 1. The molecule has 0 radical (unpaired) electrons. The second-order valence-corrected chi connectivity index (χ2v) is 9.47. The molecule has 0 aliphatic heterocycles. The molecule has 2 N–H and O–H groups in total. The molecular weight excluding hydrogens is 516 g/mol. The molecule has 2 heterocycles. The first-order valence-electron chi connectivity index (χ1n) is 12.4. The summed E-state index contributed by atoms with van der Waals surface area (Å²) in [5.41, 5.74) is 3.27. The van der Waals surface area contributed by atoms with Gasteiger partial charge in [-0.25, -0.2) is 0 Å². The first kappa shape index (κ1) is 25.9. The summed E-state index contributed by atoms with van der Waals surface area (Å²) < 4.78 is 6.04. The lowest BCUT2D eigenvalue weighted by atomic mass is 9.87. The molecule has 1 unspecified atom stereocenters. The van der Waals surface area contributed by atoms with Gasteiger partial charge in [-0.3, -0.25) is 19.9 Å². The number of rotatable bonds is 10. The number of fused-ring (bicyclic) bond motifs is 1. The van der Waals surface area contributed by atoms with E-state index in [-0.39, 0.29) is 23.9 Å². The smallest absolute Gasteiger partial charge is 0.270 e. The SMILES string of the molecule is O=C(CC(c1cccc(Oc2ccc(Cl)cc2)c1)c1c[nH]c2ccc([N+](=O)[O-])cc12)NCCc1ccccn1. The standard InChI is InChI=1S/C30H25ClN4O4/c31-21-7-10-24(11-8-21)39-25-6-3-4-20(16-25)26(18-30(36)33-15-13-22-5-1-2-14-32-22)28-19-34-29-12-9-23(35(37)38)17-27(28)29/h1-12,14,16-17,19,26,34H,13,15,18H2,(H,33,36). The van der Waals surface area contributed by atoms with Crippen molar-refractivity contribution in [3.05, 3.63) is 129 Å². The molecule has 9 heteroatoms. The number of nitrogens with one attached hydrogen (secondary N) is 2. The molecule has 0 fully saturated rings. The third kappa shape index (κ3) is 6.42. The maximum atomic E-state index is 13.1. The van der Waals surface area contributed by atoms with Crippen LogP contribution in [-0.2, 0) is 11.2 Å². The average Bonchev–Trinajstić information content (AvgIpc) is 3.37. The van der Waals surface area contributed by atoms with Crippen molar-refractivity contribution in [3.63, 3.8) is 0 Å². The zero-order valence-electron chi connectivity index (χ0n) is 20.8. The lowest BCUT2D eigenvalue weighted by molar-refractivity contribution is -0.384. The first-order chi connectivity index (χ1) is 19.0. The molecule has 5 rings (SSSR count). The zero-order valence-corrected chi connectivity index (χ0v) is 21.6. The largest absolute Gasteiger partial charge is 0.457 e. The number of pyridine rings is 1. The van der Waals surface area contributed by atoms with Crippen LogP contribution in [0, 0.1) is 10.1 Å². The topological polar surface area (TPSA) is 110 Å². The molecule has 5 aromatic rings. The van der Waals surface area contributed by atoms with Gasteiger partial charge in [0.2, 0.25) is 5.91 Å². The summed E-state index contributed by atoms with van der Waals surface area (Å²) in [6, 6.07) is 24.9. The van der Waals surface area contributed by atoms with Gasteiger partial charge in [-0.15, -0.1) is 0 Å². The van der Waals surface area contributed by atoms with Gasteiger partial charge in [-0.2, -0.15) is 0 Å². The summed E-state index contributed by atoms with van der Waals surface area (Å²) in [6.07, 6.45) is 4.29. The van der Waals surface area contributed by atoms with E-state index in [0.717, 1.165) is 22.3 Å². The lowest BCUT2D eigenvalue weighted by Gasteiger charge is -2.18. The van der Waals surface area contributed by atoms with Crippen LogP contribution in [0.3, 0.4) is 0 Å². The van der Waals surface area contributed by atoms with Crippen molar-refractivity contribution >= 4 is 34.1 Å². The van der Waals surface area contributed by atoms with E-state index in [0.29, 0.717) is 34.9 Å². The molecule has 0 aliphatic rings. The maximum absolute atomic E-state index is 13.1. The molecule has 0 aliphatic carbocycles. The van der Waals surface area contributed by atoms with Gasteiger partial charge >= 0.3 is 0 Å². The van der Waals surface area contributed by atoms with Gasteiger partial charge in [0.25, 0.3) is 5.69 Å². The number of amides is 1. The minimum atomic E-state index is -0.421. The number of hydrogen-bond donors (Lipinski definition) is 2. The summed E-state index contributed by atoms with van der Waals surface area (Å²) in [5, 5.41) is 15.8. The number of ether oxygens (including phenoxy) is 1. The van der Waals surface area contributed by atoms with Crippen LogP contribution in [0.5, 0.6) is 11.5 Å². The first-order valence-corrected chi connectivity index (χ1v) is 12.8. The van der Waals surface area contributed by atoms with Gasteiger partial charge in [0.1, 0.15) is 11.5 Å². The highest BCUT2D eigenvalue weighted by Crippen LogP contribution is 2.36. The third-order valence-electron chi connectivity index (χ3n) is 6.41. The predicted octanol–water partition coefficient (Wildman–Crippen LogP) is 6.80. The molecule has 0 saturated heterocycles. The second-order valence-electron chi connectivity index (χ2n) is 9.04. The van der Waals surface area contributed by atoms with E-state index >= 15 is 0 Å². The number of benzene rings is 3. The zero-order chi connectivity index (χ0) is 27.2. The number of hydrogen-bond acceptors (Lipinski definition) is 5. The molecule has 1 atom stereocenters. The number of H-pyrrole nitrogens is 1. The minimum absolute atomic E-state index is 0.0123. The molecule has 0 spiro atoms. The van der Waals surface area contributed by atoms with Crippen molar-refractivity contribution < 1.29 is 14.5 Å². The Hall–Kier alpha value is -4.69. The maximum Gasteiger partial charge on any atom is 0.270 e. The minimum Gasteiger partial charge on any atom is -0.457 e. The van der Waals surface area contributed by atoms with Crippen LogP contribution in [0.1, 0.15) is 29.2 Å². The van der Waals surface area contributed by atoms with Gasteiger partial charge in [-0.05, 0) is 65.7 Å². The molecular formula is C30H25ClN4O4. The van der Waals surface area contributed by atoms with E-state index in [1.54, 1.807) is 42.6 Å². The van der Waals surface area contributed by atoms with Crippen LogP contribution >= 0.6 is 11.6 Å². The van der Waals surface area contributed by atoms with E-state index in [2.05, 4.69) is 15.3 Å². The quantitative estimate of drug-likeness (QED) is 0.149. The average molecular weight is 541 g/mol. The van der Waals surface area contributed by atoms with Crippen LogP contribution in [-0.4, -0.2) is 27.3 Å². The Morgan fingerprint density at radius 3 is 2.64 bits per heavy atom. The van der Waals surface area contributed by atoms with Crippen molar-refractivity contribution in [2.24, 2.45) is 0 Å². The number of carbonyl (C=O) groups excluding carboxylic acids is 1. The number of aromatic nitrogens is 2. The highest BCUT2D eigenvalue weighted by molar-refractivity contribution is 6.30. The van der Waals surface area contributed by atoms with Gasteiger partial charge in [0.15, 0.2) is 0 Å². The number of non-ortho nitro benzene ring substituents is 1. The highest BCUT2D eigenvalue weighted by Gasteiger charge is 2.23. The molecule has 196 valence electrons. The van der Waals surface area contributed by atoms with Gasteiger partial charge < -0.3 is 15.0 Å². The molecule has 0 bridgehead atoms.